The Morgan fingerprint density at radius 3 is 2.75 bits per heavy atom. The van der Waals surface area contributed by atoms with E-state index in [1.165, 1.54) is 13.1 Å². The molecule has 1 aliphatic carbocycles. The third kappa shape index (κ3) is 2.21. The van der Waals surface area contributed by atoms with E-state index >= 15 is 0 Å². The molecule has 0 bridgehead atoms. The van der Waals surface area contributed by atoms with Gasteiger partial charge in [0, 0.05) is 18.0 Å². The number of pyridine rings is 2. The second kappa shape index (κ2) is 4.96. The molecular weight excluding hydrogens is 279 g/mol. The van der Waals surface area contributed by atoms with Gasteiger partial charge in [-0.1, -0.05) is 17.7 Å². The van der Waals surface area contributed by atoms with E-state index in [0.717, 1.165) is 5.56 Å². The minimum atomic E-state index is -1.18. The zero-order chi connectivity index (χ0) is 14.3. The van der Waals surface area contributed by atoms with Crippen molar-refractivity contribution in [1.82, 2.24) is 9.97 Å². The Hall–Kier alpha value is -1.78. The van der Waals surface area contributed by atoms with E-state index in [9.17, 15) is 9.50 Å². The number of halogens is 2. The van der Waals surface area contributed by atoms with Gasteiger partial charge in [-0.05, 0) is 36.3 Å². The van der Waals surface area contributed by atoms with E-state index < -0.39 is 12.3 Å². The Bertz CT molecular complexity index is 700. The molecule has 0 aromatic carbocycles. The summed E-state index contributed by atoms with van der Waals surface area (Å²) in [5.41, 5.74) is 2.91. The van der Waals surface area contributed by atoms with Gasteiger partial charge in [-0.2, -0.15) is 0 Å². The number of hydrogen-bond donors (Lipinski definition) is 1. The minimum Gasteiger partial charge on any atom is -0.384 e. The Morgan fingerprint density at radius 1 is 1.20 bits per heavy atom. The number of aliphatic hydroxyl groups is 1. The van der Waals surface area contributed by atoms with E-state index in [-0.39, 0.29) is 0 Å². The van der Waals surface area contributed by atoms with Crippen molar-refractivity contribution in [2.45, 2.75) is 19.2 Å². The van der Waals surface area contributed by atoms with Gasteiger partial charge >= 0.3 is 0 Å². The molecule has 0 saturated heterocycles. The van der Waals surface area contributed by atoms with Gasteiger partial charge in [-0.15, -0.1) is 0 Å². The highest BCUT2D eigenvalue weighted by atomic mass is 35.5. The summed E-state index contributed by atoms with van der Waals surface area (Å²) in [6.45, 7) is 1.42. The molecule has 2 heterocycles. The quantitative estimate of drug-likeness (QED) is 0.870. The van der Waals surface area contributed by atoms with Gasteiger partial charge in [0.2, 0.25) is 0 Å². The normalized spacial score (nSPS) is 18.1. The van der Waals surface area contributed by atoms with Crippen molar-refractivity contribution in [3.05, 3.63) is 57.6 Å². The second-order valence-corrected chi connectivity index (χ2v) is 5.15. The van der Waals surface area contributed by atoms with Gasteiger partial charge in [-0.3, -0.25) is 9.97 Å². The minimum absolute atomic E-state index is 0.301. The highest BCUT2D eigenvalue weighted by Crippen LogP contribution is 2.34. The summed E-state index contributed by atoms with van der Waals surface area (Å²) in [7, 11) is 0. The Labute approximate surface area is 120 Å². The summed E-state index contributed by atoms with van der Waals surface area (Å²) in [6.07, 6.45) is 4.61. The standard InChI is InChI=1S/C15H12ClFN2O/c1-8(17)14-5-11-9(6-18-14)2-3-13-12(15(11)20)4-10(16)7-19-13/h2-8,15,20H,1H3. The van der Waals surface area contributed by atoms with Gasteiger partial charge in [0.25, 0.3) is 0 Å². The van der Waals surface area contributed by atoms with Crippen LogP contribution < -0.4 is 0 Å². The average molecular weight is 291 g/mol. The van der Waals surface area contributed by atoms with Gasteiger partial charge < -0.3 is 5.11 Å². The summed E-state index contributed by atoms with van der Waals surface area (Å²) in [5.74, 6) is 0. The van der Waals surface area contributed by atoms with Crippen LogP contribution in [0.1, 0.15) is 47.3 Å². The fourth-order valence-corrected chi connectivity index (χ4v) is 2.42. The largest absolute Gasteiger partial charge is 0.384 e. The summed E-state index contributed by atoms with van der Waals surface area (Å²) >= 11 is 5.93. The Balaban J connectivity index is 2.19. The van der Waals surface area contributed by atoms with Crippen molar-refractivity contribution >= 4 is 23.8 Å². The molecular formula is C15H12ClFN2O. The number of rotatable bonds is 1. The molecule has 20 heavy (non-hydrogen) atoms. The van der Waals surface area contributed by atoms with Crippen molar-refractivity contribution in [1.29, 1.82) is 0 Å². The molecule has 0 spiro atoms. The maximum absolute atomic E-state index is 13.4. The van der Waals surface area contributed by atoms with E-state index in [2.05, 4.69) is 9.97 Å². The number of fused-ring (bicyclic) bond motifs is 2. The SMILES string of the molecule is CC(F)c1cc2c(cn1)C=Cc1ncc(Cl)cc1C2O. The zero-order valence-corrected chi connectivity index (χ0v) is 11.5. The molecule has 2 atom stereocenters. The molecule has 3 nitrogen and oxygen atoms in total. The van der Waals surface area contributed by atoms with Gasteiger partial charge in [0.05, 0.1) is 16.4 Å². The van der Waals surface area contributed by atoms with E-state index in [1.54, 1.807) is 24.4 Å². The number of hydrogen-bond acceptors (Lipinski definition) is 3. The van der Waals surface area contributed by atoms with Crippen LogP contribution in [0.3, 0.4) is 0 Å². The van der Waals surface area contributed by atoms with Crippen LogP contribution in [0.25, 0.3) is 12.2 Å². The highest BCUT2D eigenvalue weighted by Gasteiger charge is 2.22. The monoisotopic (exact) mass is 290 g/mol. The number of nitrogens with zero attached hydrogens (tertiary/aromatic N) is 2. The lowest BCUT2D eigenvalue weighted by Crippen LogP contribution is -2.05. The summed E-state index contributed by atoms with van der Waals surface area (Å²) in [6, 6.07) is 3.26. The molecule has 2 aromatic rings. The van der Waals surface area contributed by atoms with Crippen molar-refractivity contribution < 1.29 is 9.50 Å². The summed E-state index contributed by atoms with van der Waals surface area (Å²) in [4.78, 5) is 8.26. The summed E-state index contributed by atoms with van der Waals surface area (Å²) < 4.78 is 13.4. The molecule has 0 saturated carbocycles. The first-order chi connectivity index (χ1) is 9.56. The lowest BCUT2D eigenvalue weighted by atomic mass is 9.98. The number of aliphatic hydroxyl groups excluding tert-OH is 1. The van der Waals surface area contributed by atoms with Crippen molar-refractivity contribution in [3.63, 3.8) is 0 Å². The predicted molar refractivity (Wildman–Crippen MR) is 76.0 cm³/mol. The molecule has 3 rings (SSSR count). The van der Waals surface area contributed by atoms with E-state index in [4.69, 9.17) is 11.6 Å². The molecule has 0 radical (unpaired) electrons. The molecule has 2 unspecified atom stereocenters. The van der Waals surface area contributed by atoms with E-state index in [0.29, 0.717) is 27.5 Å². The number of alkyl halides is 1. The Kier molecular flexibility index (Phi) is 3.28. The molecule has 1 N–H and O–H groups in total. The van der Waals surface area contributed by atoms with Crippen LogP contribution in [-0.4, -0.2) is 15.1 Å². The topological polar surface area (TPSA) is 46.0 Å². The lowest BCUT2D eigenvalue weighted by Gasteiger charge is -2.15. The fourth-order valence-electron chi connectivity index (χ4n) is 2.25. The first kappa shape index (κ1) is 13.2. The third-order valence-electron chi connectivity index (χ3n) is 3.32. The van der Waals surface area contributed by atoms with Crippen LogP contribution in [0, 0.1) is 0 Å². The van der Waals surface area contributed by atoms with Crippen LogP contribution in [0.2, 0.25) is 5.02 Å². The molecule has 102 valence electrons. The molecule has 0 amide bonds. The van der Waals surface area contributed by atoms with Crippen molar-refractivity contribution in [2.24, 2.45) is 0 Å². The van der Waals surface area contributed by atoms with Gasteiger partial charge in [-0.25, -0.2) is 4.39 Å². The third-order valence-corrected chi connectivity index (χ3v) is 3.53. The molecule has 1 aliphatic rings. The van der Waals surface area contributed by atoms with Crippen LogP contribution in [0.15, 0.2) is 24.5 Å². The van der Waals surface area contributed by atoms with Crippen LogP contribution >= 0.6 is 11.6 Å². The van der Waals surface area contributed by atoms with Gasteiger partial charge in [0.15, 0.2) is 0 Å². The fraction of sp³-hybridized carbons (Fsp3) is 0.200. The predicted octanol–water partition coefficient (Wildman–Crippen LogP) is 3.73. The molecule has 0 fully saturated rings. The maximum atomic E-state index is 13.4. The van der Waals surface area contributed by atoms with Crippen LogP contribution in [-0.2, 0) is 0 Å². The Morgan fingerprint density at radius 2 is 2.00 bits per heavy atom. The van der Waals surface area contributed by atoms with Crippen molar-refractivity contribution in [3.8, 4) is 0 Å². The maximum Gasteiger partial charge on any atom is 0.139 e. The zero-order valence-electron chi connectivity index (χ0n) is 10.7. The van der Waals surface area contributed by atoms with Crippen LogP contribution in [0.5, 0.6) is 0 Å². The first-order valence-electron chi connectivity index (χ1n) is 6.22. The van der Waals surface area contributed by atoms with Crippen LogP contribution in [0.4, 0.5) is 4.39 Å². The average Bonchev–Trinajstić information content (AvgIpc) is 2.57. The second-order valence-electron chi connectivity index (χ2n) is 4.72. The van der Waals surface area contributed by atoms with Crippen molar-refractivity contribution in [2.75, 3.05) is 0 Å². The summed E-state index contributed by atoms with van der Waals surface area (Å²) in [5, 5.41) is 11.0. The highest BCUT2D eigenvalue weighted by molar-refractivity contribution is 6.30. The molecule has 5 heteroatoms. The first-order valence-corrected chi connectivity index (χ1v) is 6.59. The van der Waals surface area contributed by atoms with E-state index in [1.807, 2.05) is 6.08 Å². The smallest absolute Gasteiger partial charge is 0.139 e. The van der Waals surface area contributed by atoms with Gasteiger partial charge in [0.1, 0.15) is 12.3 Å². The number of aromatic nitrogens is 2. The molecule has 2 aromatic heterocycles. The lowest BCUT2D eigenvalue weighted by molar-refractivity contribution is 0.219. The molecule has 0 aliphatic heterocycles.